The van der Waals surface area contributed by atoms with Crippen LogP contribution in [0.5, 0.6) is 0 Å². The number of aromatic nitrogens is 4. The third-order valence-electron chi connectivity index (χ3n) is 5.29. The third-order valence-corrected chi connectivity index (χ3v) is 5.44. The third kappa shape index (κ3) is 4.18. The van der Waals surface area contributed by atoms with Gasteiger partial charge in [0.2, 0.25) is 0 Å². The fourth-order valence-corrected chi connectivity index (χ4v) is 4.15. The molecule has 0 aromatic carbocycles. The van der Waals surface area contributed by atoms with Crippen molar-refractivity contribution in [2.45, 2.75) is 50.6 Å². The highest BCUT2D eigenvalue weighted by Gasteiger charge is 2.56. The number of hydrogen-bond donors (Lipinski definition) is 3. The van der Waals surface area contributed by atoms with Gasteiger partial charge in [0, 0.05) is 13.1 Å². The average molecular weight is 437 g/mol. The molecule has 0 unspecified atom stereocenters. The molecule has 0 saturated carbocycles. The van der Waals surface area contributed by atoms with Gasteiger partial charge in [-0.3, -0.25) is 4.57 Å². The average Bonchev–Trinajstić information content (AvgIpc) is 3.31. The number of imidazole rings is 1. The zero-order chi connectivity index (χ0) is 21.5. The van der Waals surface area contributed by atoms with E-state index in [2.05, 4.69) is 25.2 Å². The van der Waals surface area contributed by atoms with E-state index in [0.717, 1.165) is 19.5 Å². The van der Waals surface area contributed by atoms with E-state index in [4.69, 9.17) is 37.9 Å². The van der Waals surface area contributed by atoms with Crippen molar-refractivity contribution in [1.29, 1.82) is 0 Å². The van der Waals surface area contributed by atoms with Gasteiger partial charge in [-0.15, -0.1) is 0 Å². The van der Waals surface area contributed by atoms with E-state index in [9.17, 15) is 0 Å². The lowest BCUT2D eigenvalue weighted by atomic mass is 10.1. The maximum atomic E-state index is 6.40. The van der Waals surface area contributed by atoms with E-state index in [1.807, 2.05) is 25.5 Å². The summed E-state index contributed by atoms with van der Waals surface area (Å²) in [7, 11) is 2.05. The lowest BCUT2D eigenvalue weighted by Gasteiger charge is -2.27. The van der Waals surface area contributed by atoms with Gasteiger partial charge in [-0.25, -0.2) is 15.0 Å². The maximum absolute atomic E-state index is 6.40. The van der Waals surface area contributed by atoms with Gasteiger partial charge in [0.15, 0.2) is 28.6 Å². The van der Waals surface area contributed by atoms with E-state index in [0.29, 0.717) is 28.6 Å². The second kappa shape index (κ2) is 8.19. The van der Waals surface area contributed by atoms with Gasteiger partial charge >= 0.3 is 0 Å². The number of nitrogens with one attached hydrogen (secondary N) is 1. The number of fused-ring (bicyclic) bond motifs is 2. The molecule has 0 radical (unpaired) electrons. The number of nitrogens with zero attached hydrogens (tertiary/aromatic N) is 5. The second-order valence-electron chi connectivity index (χ2n) is 8.12. The minimum absolute atomic E-state index is 0.174. The number of nitrogens with two attached hydrogens (primary N) is 2. The van der Waals surface area contributed by atoms with E-state index < -0.39 is 12.0 Å². The maximum Gasteiger partial charge on any atom is 0.167 e. The minimum atomic E-state index is -0.695. The number of nitrogen functional groups attached to an aromatic ring is 1. The van der Waals surface area contributed by atoms with Crippen LogP contribution in [-0.2, 0) is 14.2 Å². The Balaban J connectivity index is 1.49. The molecule has 2 aliphatic heterocycles. The number of anilines is 1. The van der Waals surface area contributed by atoms with Crippen LogP contribution in [-0.4, -0.2) is 80.3 Å². The summed E-state index contributed by atoms with van der Waals surface area (Å²) in [6.45, 7) is 6.11. The molecular formula is C18H28N8O3S. The smallest absolute Gasteiger partial charge is 0.167 e. The van der Waals surface area contributed by atoms with Gasteiger partial charge < -0.3 is 35.9 Å². The summed E-state index contributed by atoms with van der Waals surface area (Å²) in [6.07, 6.45) is 2.90. The Morgan fingerprint density at radius 2 is 2.07 bits per heavy atom. The van der Waals surface area contributed by atoms with Gasteiger partial charge in [0.05, 0.1) is 6.33 Å². The highest BCUT2D eigenvalue weighted by molar-refractivity contribution is 7.80. The van der Waals surface area contributed by atoms with E-state index in [1.165, 1.54) is 6.33 Å². The van der Waals surface area contributed by atoms with Gasteiger partial charge in [-0.2, -0.15) is 0 Å². The highest BCUT2D eigenvalue weighted by atomic mass is 32.1. The molecular weight excluding hydrogens is 408 g/mol. The summed E-state index contributed by atoms with van der Waals surface area (Å²) in [5.41, 5.74) is 12.6. The Bertz CT molecular complexity index is 922. The molecule has 0 spiro atoms. The number of ether oxygens (including phenoxy) is 3. The Labute approximate surface area is 180 Å². The molecule has 4 atom stereocenters. The second-order valence-corrected chi connectivity index (χ2v) is 8.56. The summed E-state index contributed by atoms with van der Waals surface area (Å²) in [5, 5.41) is 3.28. The van der Waals surface area contributed by atoms with Crippen LogP contribution in [0.4, 0.5) is 5.82 Å². The molecule has 2 saturated heterocycles. The van der Waals surface area contributed by atoms with Gasteiger partial charge in [0.25, 0.3) is 0 Å². The van der Waals surface area contributed by atoms with E-state index >= 15 is 0 Å². The van der Waals surface area contributed by atoms with E-state index in [-0.39, 0.29) is 18.3 Å². The minimum Gasteiger partial charge on any atom is -0.382 e. The molecule has 0 amide bonds. The Morgan fingerprint density at radius 3 is 2.83 bits per heavy atom. The van der Waals surface area contributed by atoms with Crippen LogP contribution in [0.25, 0.3) is 11.2 Å². The van der Waals surface area contributed by atoms with Crippen molar-refractivity contribution < 1.29 is 14.2 Å². The van der Waals surface area contributed by atoms with Gasteiger partial charge in [-0.1, -0.05) is 0 Å². The quantitative estimate of drug-likeness (QED) is 0.399. The molecule has 2 aromatic rings. The van der Waals surface area contributed by atoms with Crippen molar-refractivity contribution in [2.24, 2.45) is 5.73 Å². The first-order chi connectivity index (χ1) is 14.2. The van der Waals surface area contributed by atoms with Crippen LogP contribution >= 0.6 is 12.2 Å². The van der Waals surface area contributed by atoms with Crippen molar-refractivity contribution in [3.8, 4) is 0 Å². The molecule has 12 heteroatoms. The summed E-state index contributed by atoms with van der Waals surface area (Å²) in [6, 6.07) is 0. The lowest BCUT2D eigenvalue weighted by Crippen LogP contribution is -2.39. The Kier molecular flexibility index (Phi) is 5.77. The van der Waals surface area contributed by atoms with Crippen LogP contribution in [0.15, 0.2) is 12.7 Å². The SMILES string of the molecule is CN(CCCNC(N)=S)C[C@H]1O[C@@H](n2cnc3c(N)ncnc32)[C@@H]2OC(C)(C)O[C@@H]21. The van der Waals surface area contributed by atoms with Crippen molar-refractivity contribution >= 4 is 34.3 Å². The topological polar surface area (TPSA) is 139 Å². The highest BCUT2D eigenvalue weighted by Crippen LogP contribution is 2.43. The van der Waals surface area contributed by atoms with Crippen molar-refractivity contribution in [3.05, 3.63) is 12.7 Å². The van der Waals surface area contributed by atoms with Crippen molar-refractivity contribution in [1.82, 2.24) is 29.7 Å². The first-order valence-corrected chi connectivity index (χ1v) is 10.3. The molecule has 2 fully saturated rings. The van der Waals surface area contributed by atoms with Gasteiger partial charge in [-0.05, 0) is 46.1 Å². The Hall–Kier alpha value is -2.12. The fourth-order valence-electron chi connectivity index (χ4n) is 4.05. The number of rotatable bonds is 7. The standard InChI is InChI=1S/C18H28N8O3S/c1-18(2)28-12-10(7-25(3)6-4-5-21-17(20)30)27-16(13(12)29-18)26-9-24-11-14(19)22-8-23-15(11)26/h8-10,12-13,16H,4-7H2,1-3H3,(H2,19,22,23)(H3,20,21,30)/t10-,12-,13-,16-/m1/s1. The van der Waals surface area contributed by atoms with Crippen LogP contribution in [0, 0.1) is 0 Å². The number of likely N-dealkylation sites (N-methyl/N-ethyl adjacent to an activating group) is 1. The van der Waals surface area contributed by atoms with Crippen LogP contribution in [0.2, 0.25) is 0 Å². The number of thiocarbonyl (C=S) groups is 1. The molecule has 2 aromatic heterocycles. The first kappa shape index (κ1) is 21.1. The summed E-state index contributed by atoms with van der Waals surface area (Å²) >= 11 is 4.83. The molecule has 164 valence electrons. The zero-order valence-electron chi connectivity index (χ0n) is 17.3. The van der Waals surface area contributed by atoms with Crippen molar-refractivity contribution in [2.75, 3.05) is 32.4 Å². The first-order valence-electron chi connectivity index (χ1n) is 9.91. The molecule has 2 aliphatic rings. The largest absolute Gasteiger partial charge is 0.382 e. The summed E-state index contributed by atoms with van der Waals surface area (Å²) < 4.78 is 20.6. The van der Waals surface area contributed by atoms with Crippen LogP contribution < -0.4 is 16.8 Å². The molecule has 4 rings (SSSR count). The monoisotopic (exact) mass is 436 g/mol. The molecule has 30 heavy (non-hydrogen) atoms. The molecule has 4 heterocycles. The van der Waals surface area contributed by atoms with E-state index in [1.54, 1.807) is 6.33 Å². The zero-order valence-corrected chi connectivity index (χ0v) is 18.1. The lowest BCUT2D eigenvalue weighted by molar-refractivity contribution is -0.197. The fraction of sp³-hybridized carbons (Fsp3) is 0.667. The predicted molar refractivity (Wildman–Crippen MR) is 114 cm³/mol. The van der Waals surface area contributed by atoms with Gasteiger partial charge in [0.1, 0.15) is 30.2 Å². The van der Waals surface area contributed by atoms with Crippen molar-refractivity contribution in [3.63, 3.8) is 0 Å². The normalized spacial score (nSPS) is 27.6. The Morgan fingerprint density at radius 1 is 1.30 bits per heavy atom. The molecule has 0 aliphatic carbocycles. The summed E-state index contributed by atoms with van der Waals surface area (Å²) in [5.74, 6) is -0.363. The van der Waals surface area contributed by atoms with Crippen LogP contribution in [0.3, 0.4) is 0 Å². The molecule has 11 nitrogen and oxygen atoms in total. The predicted octanol–water partition coefficient (Wildman–Crippen LogP) is -0.0189. The molecule has 5 N–H and O–H groups in total. The molecule has 0 bridgehead atoms. The summed E-state index contributed by atoms with van der Waals surface area (Å²) in [4.78, 5) is 14.9. The van der Waals surface area contributed by atoms with Crippen LogP contribution in [0.1, 0.15) is 26.5 Å². The number of hydrogen-bond acceptors (Lipinski definition) is 9.